The van der Waals surface area contributed by atoms with Crippen molar-refractivity contribution in [1.29, 1.82) is 0 Å². The largest absolute Gasteiger partial charge is 0.468 e. The summed E-state index contributed by atoms with van der Waals surface area (Å²) >= 11 is 0. The first-order valence-corrected chi connectivity index (χ1v) is 6.17. The van der Waals surface area contributed by atoms with Crippen LogP contribution in [-0.4, -0.2) is 30.4 Å². The Kier molecular flexibility index (Phi) is 4.18. The number of ketones is 1. The molecule has 0 radical (unpaired) electrons. The van der Waals surface area contributed by atoms with Gasteiger partial charge in [-0.3, -0.25) is 9.59 Å². The van der Waals surface area contributed by atoms with Crippen molar-refractivity contribution in [3.8, 4) is 0 Å². The van der Waals surface area contributed by atoms with Crippen LogP contribution in [0.25, 0.3) is 0 Å². The molecular formula is C14H20O5. The van der Waals surface area contributed by atoms with E-state index in [9.17, 15) is 14.4 Å². The second-order valence-electron chi connectivity index (χ2n) is 5.89. The molecule has 19 heavy (non-hydrogen) atoms. The maximum atomic E-state index is 12.0. The SMILES string of the molecule is COC(=O)C1(C)C=C(C(=O)OC(C)(C)C)C(=O)CC1. The van der Waals surface area contributed by atoms with Gasteiger partial charge in [-0.25, -0.2) is 4.79 Å². The molecule has 0 amide bonds. The Bertz CT molecular complexity index is 441. The van der Waals surface area contributed by atoms with Crippen LogP contribution in [0, 0.1) is 5.41 Å². The minimum Gasteiger partial charge on any atom is -0.468 e. The highest BCUT2D eigenvalue weighted by atomic mass is 16.6. The molecule has 5 heteroatoms. The highest BCUT2D eigenvalue weighted by Crippen LogP contribution is 2.34. The third-order valence-corrected chi connectivity index (χ3v) is 2.91. The lowest BCUT2D eigenvalue weighted by atomic mass is 9.77. The van der Waals surface area contributed by atoms with Crippen LogP contribution in [0.15, 0.2) is 11.6 Å². The minimum atomic E-state index is -0.950. The van der Waals surface area contributed by atoms with Gasteiger partial charge in [-0.15, -0.1) is 0 Å². The zero-order chi connectivity index (χ0) is 14.8. The molecule has 1 rings (SSSR count). The summed E-state index contributed by atoms with van der Waals surface area (Å²) < 4.78 is 9.88. The number of hydrogen-bond donors (Lipinski definition) is 0. The van der Waals surface area contributed by atoms with Crippen LogP contribution >= 0.6 is 0 Å². The van der Waals surface area contributed by atoms with E-state index in [2.05, 4.69) is 0 Å². The Morgan fingerprint density at radius 3 is 2.37 bits per heavy atom. The van der Waals surface area contributed by atoms with Gasteiger partial charge in [0.2, 0.25) is 0 Å². The maximum absolute atomic E-state index is 12.0. The van der Waals surface area contributed by atoms with E-state index in [-0.39, 0.29) is 17.8 Å². The van der Waals surface area contributed by atoms with Gasteiger partial charge in [0.1, 0.15) is 5.60 Å². The van der Waals surface area contributed by atoms with Crippen molar-refractivity contribution >= 4 is 17.7 Å². The predicted molar refractivity (Wildman–Crippen MR) is 68.3 cm³/mol. The third kappa shape index (κ3) is 3.66. The van der Waals surface area contributed by atoms with E-state index in [1.165, 1.54) is 13.2 Å². The Morgan fingerprint density at radius 2 is 1.89 bits per heavy atom. The second kappa shape index (κ2) is 5.15. The van der Waals surface area contributed by atoms with Gasteiger partial charge in [0.05, 0.1) is 18.1 Å². The number of Topliss-reactive ketones (excluding diaryl/α,β-unsaturated/α-hetero) is 1. The summed E-state index contributed by atoms with van der Waals surface area (Å²) in [7, 11) is 1.28. The quantitative estimate of drug-likeness (QED) is 0.564. The van der Waals surface area contributed by atoms with E-state index >= 15 is 0 Å². The zero-order valence-corrected chi connectivity index (χ0v) is 12.0. The van der Waals surface area contributed by atoms with Gasteiger partial charge in [0, 0.05) is 6.42 Å². The van der Waals surface area contributed by atoms with E-state index in [0.29, 0.717) is 6.42 Å². The number of methoxy groups -OCH3 is 1. The fourth-order valence-corrected chi connectivity index (χ4v) is 1.88. The zero-order valence-electron chi connectivity index (χ0n) is 12.0. The van der Waals surface area contributed by atoms with Crippen molar-refractivity contribution in [2.24, 2.45) is 5.41 Å². The molecule has 0 aromatic rings. The fourth-order valence-electron chi connectivity index (χ4n) is 1.88. The molecule has 0 aromatic heterocycles. The lowest BCUT2D eigenvalue weighted by Gasteiger charge is -2.28. The van der Waals surface area contributed by atoms with Crippen LogP contribution in [-0.2, 0) is 23.9 Å². The van der Waals surface area contributed by atoms with Crippen molar-refractivity contribution < 1.29 is 23.9 Å². The summed E-state index contributed by atoms with van der Waals surface area (Å²) in [5.41, 5.74) is -1.69. The third-order valence-electron chi connectivity index (χ3n) is 2.91. The van der Waals surface area contributed by atoms with Gasteiger partial charge in [-0.05, 0) is 40.2 Å². The highest BCUT2D eigenvalue weighted by molar-refractivity contribution is 6.18. The summed E-state index contributed by atoms with van der Waals surface area (Å²) in [6.07, 6.45) is 1.85. The van der Waals surface area contributed by atoms with E-state index in [4.69, 9.17) is 9.47 Å². The van der Waals surface area contributed by atoms with Crippen LogP contribution in [0.4, 0.5) is 0 Å². The molecular weight excluding hydrogens is 248 g/mol. The lowest BCUT2D eigenvalue weighted by molar-refractivity contribution is -0.152. The average Bonchev–Trinajstić information content (AvgIpc) is 2.29. The van der Waals surface area contributed by atoms with Crippen molar-refractivity contribution in [3.05, 3.63) is 11.6 Å². The molecule has 1 aliphatic carbocycles. The van der Waals surface area contributed by atoms with Crippen LogP contribution in [0.3, 0.4) is 0 Å². The summed E-state index contributed by atoms with van der Waals surface area (Å²) in [6.45, 7) is 6.81. The number of carbonyl (C=O) groups is 3. The molecule has 0 saturated carbocycles. The van der Waals surface area contributed by atoms with Crippen molar-refractivity contribution in [1.82, 2.24) is 0 Å². The topological polar surface area (TPSA) is 69.7 Å². The van der Waals surface area contributed by atoms with Crippen LogP contribution < -0.4 is 0 Å². The van der Waals surface area contributed by atoms with Crippen LogP contribution in [0.5, 0.6) is 0 Å². The molecule has 1 unspecified atom stereocenters. The Morgan fingerprint density at radius 1 is 1.32 bits per heavy atom. The van der Waals surface area contributed by atoms with Crippen LogP contribution in [0.1, 0.15) is 40.5 Å². The maximum Gasteiger partial charge on any atom is 0.341 e. The van der Waals surface area contributed by atoms with Crippen molar-refractivity contribution in [3.63, 3.8) is 0 Å². The smallest absolute Gasteiger partial charge is 0.341 e. The molecule has 0 fully saturated rings. The van der Waals surface area contributed by atoms with Gasteiger partial charge in [0.25, 0.3) is 0 Å². The summed E-state index contributed by atoms with van der Waals surface area (Å²) in [4.78, 5) is 35.5. The normalized spacial score (nSPS) is 23.6. The summed E-state index contributed by atoms with van der Waals surface area (Å²) in [5.74, 6) is -1.44. The first-order valence-electron chi connectivity index (χ1n) is 6.17. The van der Waals surface area contributed by atoms with E-state index in [0.717, 1.165) is 0 Å². The molecule has 106 valence electrons. The number of rotatable bonds is 2. The standard InChI is InChI=1S/C14H20O5/c1-13(2,3)19-11(16)9-8-14(4,12(17)18-5)7-6-10(9)15/h8H,6-7H2,1-5H3. The van der Waals surface area contributed by atoms with E-state index < -0.39 is 23.0 Å². The van der Waals surface area contributed by atoms with Gasteiger partial charge in [-0.1, -0.05) is 0 Å². The molecule has 0 spiro atoms. The van der Waals surface area contributed by atoms with Gasteiger partial charge in [-0.2, -0.15) is 0 Å². The molecule has 0 N–H and O–H groups in total. The molecule has 1 atom stereocenters. The Balaban J connectivity index is 3.06. The first kappa shape index (κ1) is 15.4. The summed E-state index contributed by atoms with van der Waals surface area (Å²) in [5, 5.41) is 0. The van der Waals surface area contributed by atoms with E-state index in [1.54, 1.807) is 27.7 Å². The molecule has 0 aromatic carbocycles. The lowest BCUT2D eigenvalue weighted by Crippen LogP contribution is -2.35. The number of esters is 2. The molecule has 0 saturated heterocycles. The highest BCUT2D eigenvalue weighted by Gasteiger charge is 2.40. The second-order valence-corrected chi connectivity index (χ2v) is 5.89. The molecule has 5 nitrogen and oxygen atoms in total. The molecule has 0 aliphatic heterocycles. The molecule has 0 heterocycles. The van der Waals surface area contributed by atoms with E-state index in [1.807, 2.05) is 0 Å². The minimum absolute atomic E-state index is 0.0610. The van der Waals surface area contributed by atoms with Crippen molar-refractivity contribution in [2.45, 2.75) is 46.1 Å². The number of carbonyl (C=O) groups excluding carboxylic acids is 3. The van der Waals surface area contributed by atoms with Crippen LogP contribution in [0.2, 0.25) is 0 Å². The van der Waals surface area contributed by atoms with Gasteiger partial charge in [0.15, 0.2) is 5.78 Å². The number of ether oxygens (including phenoxy) is 2. The summed E-state index contributed by atoms with van der Waals surface area (Å²) in [6, 6.07) is 0. The molecule has 0 bridgehead atoms. The number of hydrogen-bond acceptors (Lipinski definition) is 5. The Hall–Kier alpha value is -1.65. The Labute approximate surface area is 112 Å². The fraction of sp³-hybridized carbons (Fsp3) is 0.643. The average molecular weight is 268 g/mol. The molecule has 1 aliphatic rings. The predicted octanol–water partition coefficient (Wildman–Crippen LogP) is 1.80. The monoisotopic (exact) mass is 268 g/mol. The van der Waals surface area contributed by atoms with Gasteiger partial charge < -0.3 is 9.47 Å². The van der Waals surface area contributed by atoms with Gasteiger partial charge >= 0.3 is 11.9 Å². The first-order chi connectivity index (χ1) is 8.59. The van der Waals surface area contributed by atoms with Crippen molar-refractivity contribution in [2.75, 3.05) is 7.11 Å².